The van der Waals surface area contributed by atoms with Gasteiger partial charge >= 0.3 is 0 Å². The topological polar surface area (TPSA) is 68.8 Å². The van der Waals surface area contributed by atoms with Gasteiger partial charge in [-0.1, -0.05) is 12.1 Å². The first-order chi connectivity index (χ1) is 13.2. The van der Waals surface area contributed by atoms with Gasteiger partial charge in [0.1, 0.15) is 5.82 Å². The molecular weight excluding hydrogens is 352 g/mol. The Morgan fingerprint density at radius 3 is 2.14 bits per heavy atom. The normalized spacial score (nSPS) is 11.3. The van der Waals surface area contributed by atoms with Gasteiger partial charge in [-0.25, -0.2) is 9.67 Å². The molecule has 3 aromatic rings. The van der Waals surface area contributed by atoms with Crippen LogP contribution in [0.1, 0.15) is 47.0 Å². The number of hydrogen-bond acceptors (Lipinski definition) is 4. The maximum atomic E-state index is 13.2. The van der Waals surface area contributed by atoms with Crippen LogP contribution in [0.4, 0.5) is 0 Å². The largest absolute Gasteiger partial charge is 0.332 e. The van der Waals surface area contributed by atoms with E-state index < -0.39 is 0 Å². The van der Waals surface area contributed by atoms with Gasteiger partial charge in [-0.15, -0.1) is 0 Å². The summed E-state index contributed by atoms with van der Waals surface area (Å²) < 4.78 is 3.62. The molecule has 7 nitrogen and oxygen atoms in total. The molecule has 0 radical (unpaired) electrons. The van der Waals surface area contributed by atoms with Crippen LogP contribution in [0.25, 0.3) is 11.4 Å². The summed E-state index contributed by atoms with van der Waals surface area (Å²) in [6.07, 6.45) is 0. The molecule has 0 unspecified atom stereocenters. The third-order valence-corrected chi connectivity index (χ3v) is 5.13. The van der Waals surface area contributed by atoms with E-state index in [9.17, 15) is 4.79 Å². The van der Waals surface area contributed by atoms with Gasteiger partial charge < -0.3 is 4.90 Å². The van der Waals surface area contributed by atoms with Crippen molar-refractivity contribution in [2.24, 2.45) is 14.1 Å². The Kier molecular flexibility index (Phi) is 5.36. The number of carbonyl (C=O) groups excluding carboxylic acids is 1. The van der Waals surface area contributed by atoms with Gasteiger partial charge in [-0.2, -0.15) is 10.2 Å². The lowest BCUT2D eigenvalue weighted by Gasteiger charge is -2.27. The van der Waals surface area contributed by atoms with Gasteiger partial charge in [0.25, 0.3) is 5.91 Å². The zero-order chi connectivity index (χ0) is 20.6. The Labute approximate surface area is 166 Å². The van der Waals surface area contributed by atoms with Crippen LogP contribution < -0.4 is 0 Å². The number of nitrogens with zero attached hydrogens (tertiary/aromatic N) is 6. The van der Waals surface area contributed by atoms with Gasteiger partial charge in [0.05, 0.1) is 5.69 Å². The van der Waals surface area contributed by atoms with E-state index in [0.29, 0.717) is 12.1 Å². The van der Waals surface area contributed by atoms with E-state index in [0.717, 1.165) is 34.2 Å². The summed E-state index contributed by atoms with van der Waals surface area (Å²) in [4.78, 5) is 19.5. The minimum absolute atomic E-state index is 0.0124. The van der Waals surface area contributed by atoms with Crippen LogP contribution in [0.3, 0.4) is 0 Å². The molecule has 1 aromatic carbocycles. The number of carbonyl (C=O) groups is 1. The first-order valence-corrected chi connectivity index (χ1v) is 9.47. The highest BCUT2D eigenvalue weighted by Gasteiger charge is 2.22. The van der Waals surface area contributed by atoms with Gasteiger partial charge in [-0.05, 0) is 46.8 Å². The smallest absolute Gasteiger partial charge is 0.254 e. The summed E-state index contributed by atoms with van der Waals surface area (Å²) >= 11 is 0. The van der Waals surface area contributed by atoms with E-state index >= 15 is 0 Å². The summed E-state index contributed by atoms with van der Waals surface area (Å²) in [6.45, 7) is 10.5. The second kappa shape index (κ2) is 7.58. The number of aryl methyl sites for hydroxylation is 4. The minimum Gasteiger partial charge on any atom is -0.332 e. The molecule has 0 aliphatic carbocycles. The Hall–Kier alpha value is -2.96. The average Bonchev–Trinajstić information content (AvgIpc) is 3.10. The lowest BCUT2D eigenvalue weighted by Crippen LogP contribution is -2.36. The summed E-state index contributed by atoms with van der Waals surface area (Å²) in [5.41, 5.74) is 4.76. The molecule has 2 heterocycles. The SMILES string of the molecule is Cc1nc(-c2ccc(C(=O)N(Cc3c(C)nn(C)c3C)C(C)C)cc2)n(C)n1. The molecule has 0 saturated carbocycles. The number of hydrogen-bond donors (Lipinski definition) is 0. The van der Waals surface area contributed by atoms with Crippen molar-refractivity contribution in [1.29, 1.82) is 0 Å². The van der Waals surface area contributed by atoms with Gasteiger partial charge in [0, 0.05) is 49.1 Å². The second-order valence-corrected chi connectivity index (χ2v) is 7.48. The number of aromatic nitrogens is 5. The maximum absolute atomic E-state index is 13.2. The molecule has 0 aliphatic heterocycles. The number of rotatable bonds is 5. The summed E-state index contributed by atoms with van der Waals surface area (Å²) in [5, 5.41) is 8.76. The maximum Gasteiger partial charge on any atom is 0.254 e. The van der Waals surface area contributed by atoms with Crippen molar-refractivity contribution in [3.05, 3.63) is 52.6 Å². The molecular formula is C21H28N6O. The molecule has 2 aromatic heterocycles. The van der Waals surface area contributed by atoms with Crippen LogP contribution in [0.15, 0.2) is 24.3 Å². The molecule has 28 heavy (non-hydrogen) atoms. The van der Waals surface area contributed by atoms with Crippen molar-refractivity contribution in [2.45, 2.75) is 47.2 Å². The first-order valence-electron chi connectivity index (χ1n) is 9.47. The summed E-state index contributed by atoms with van der Waals surface area (Å²) in [7, 11) is 3.80. The average molecular weight is 380 g/mol. The van der Waals surface area contributed by atoms with E-state index in [1.165, 1.54) is 0 Å². The molecule has 0 atom stereocenters. The van der Waals surface area contributed by atoms with Crippen molar-refractivity contribution < 1.29 is 4.79 Å². The molecule has 1 amide bonds. The molecule has 0 bridgehead atoms. The van der Waals surface area contributed by atoms with E-state index in [2.05, 4.69) is 15.2 Å². The Bertz CT molecular complexity index is 997. The van der Waals surface area contributed by atoms with E-state index in [1.807, 2.05) is 82.6 Å². The Morgan fingerprint density at radius 1 is 1.04 bits per heavy atom. The highest BCUT2D eigenvalue weighted by atomic mass is 16.2. The fraction of sp³-hybridized carbons (Fsp3) is 0.429. The Balaban J connectivity index is 1.86. The monoisotopic (exact) mass is 380 g/mol. The molecule has 3 rings (SSSR count). The van der Waals surface area contributed by atoms with Crippen LogP contribution in [-0.2, 0) is 20.6 Å². The molecule has 0 saturated heterocycles. The first kappa shape index (κ1) is 19.8. The molecule has 0 fully saturated rings. The standard InChI is InChI=1S/C21H28N6O/c1-13(2)27(12-19-14(3)23-25(6)15(19)4)21(28)18-10-8-17(9-11-18)20-22-16(5)24-26(20)7/h8-11,13H,12H2,1-7H3. The van der Waals surface area contributed by atoms with Crippen LogP contribution in [0, 0.1) is 20.8 Å². The lowest BCUT2D eigenvalue weighted by atomic mass is 10.1. The van der Waals surface area contributed by atoms with Crippen LogP contribution in [0.2, 0.25) is 0 Å². The minimum atomic E-state index is 0.0124. The van der Waals surface area contributed by atoms with Crippen LogP contribution in [0.5, 0.6) is 0 Å². The highest BCUT2D eigenvalue weighted by molar-refractivity contribution is 5.94. The predicted molar refractivity (Wildman–Crippen MR) is 109 cm³/mol. The van der Waals surface area contributed by atoms with Crippen molar-refractivity contribution in [1.82, 2.24) is 29.4 Å². The van der Waals surface area contributed by atoms with Crippen LogP contribution in [-0.4, -0.2) is 41.4 Å². The van der Waals surface area contributed by atoms with Crippen molar-refractivity contribution in [2.75, 3.05) is 0 Å². The fourth-order valence-electron chi connectivity index (χ4n) is 3.40. The lowest BCUT2D eigenvalue weighted by molar-refractivity contribution is 0.0690. The molecule has 148 valence electrons. The predicted octanol–water partition coefficient (Wildman–Crippen LogP) is 3.19. The summed E-state index contributed by atoms with van der Waals surface area (Å²) in [5.74, 6) is 1.53. The second-order valence-electron chi connectivity index (χ2n) is 7.48. The Morgan fingerprint density at radius 2 is 1.68 bits per heavy atom. The van der Waals surface area contributed by atoms with Gasteiger partial charge in [-0.3, -0.25) is 9.48 Å². The molecule has 0 N–H and O–H groups in total. The third kappa shape index (κ3) is 3.69. The molecule has 0 spiro atoms. The number of amides is 1. The van der Waals surface area contributed by atoms with E-state index in [-0.39, 0.29) is 11.9 Å². The molecule has 7 heteroatoms. The third-order valence-electron chi connectivity index (χ3n) is 5.13. The van der Waals surface area contributed by atoms with Gasteiger partial charge in [0.2, 0.25) is 0 Å². The summed E-state index contributed by atoms with van der Waals surface area (Å²) in [6, 6.07) is 7.65. The fourth-order valence-corrected chi connectivity index (χ4v) is 3.40. The van der Waals surface area contributed by atoms with Crippen molar-refractivity contribution in [3.63, 3.8) is 0 Å². The van der Waals surface area contributed by atoms with Crippen molar-refractivity contribution >= 4 is 5.91 Å². The quantitative estimate of drug-likeness (QED) is 0.682. The number of benzene rings is 1. The van der Waals surface area contributed by atoms with E-state index in [4.69, 9.17) is 0 Å². The van der Waals surface area contributed by atoms with Crippen molar-refractivity contribution in [3.8, 4) is 11.4 Å². The highest BCUT2D eigenvalue weighted by Crippen LogP contribution is 2.21. The van der Waals surface area contributed by atoms with E-state index in [1.54, 1.807) is 4.68 Å². The zero-order valence-electron chi connectivity index (χ0n) is 17.7. The van der Waals surface area contributed by atoms with Crippen LogP contribution >= 0.6 is 0 Å². The van der Waals surface area contributed by atoms with Gasteiger partial charge in [0.15, 0.2) is 5.82 Å². The molecule has 0 aliphatic rings. The zero-order valence-corrected chi connectivity index (χ0v) is 17.7.